The summed E-state index contributed by atoms with van der Waals surface area (Å²) in [6, 6.07) is 17.4. The lowest BCUT2D eigenvalue weighted by atomic mass is 10.1. The second kappa shape index (κ2) is 10.0. The fourth-order valence-corrected chi connectivity index (χ4v) is 3.51. The zero-order valence-electron chi connectivity index (χ0n) is 17.5. The zero-order valence-corrected chi connectivity index (χ0v) is 17.5. The Bertz CT molecular complexity index is 978. The first-order valence-electron chi connectivity index (χ1n) is 10.4. The maximum absolute atomic E-state index is 12.7. The van der Waals surface area contributed by atoms with Gasteiger partial charge in [0, 0.05) is 19.2 Å². The normalized spacial score (nSPS) is 16.0. The molecule has 1 saturated heterocycles. The topological polar surface area (TPSA) is 76.6 Å². The predicted molar refractivity (Wildman–Crippen MR) is 118 cm³/mol. The minimum atomic E-state index is -0.220. The Morgan fingerprint density at radius 3 is 2.74 bits per heavy atom. The number of aromatic nitrogens is 2. The van der Waals surface area contributed by atoms with Crippen LogP contribution in [0.3, 0.4) is 0 Å². The number of nitrogens with one attached hydrogen (secondary N) is 1. The highest BCUT2D eigenvalue weighted by Crippen LogP contribution is 2.23. The summed E-state index contributed by atoms with van der Waals surface area (Å²) in [5.41, 5.74) is 2.79. The summed E-state index contributed by atoms with van der Waals surface area (Å²) in [6.45, 7) is 1.63. The average Bonchev–Trinajstić information content (AvgIpc) is 2.84. The maximum atomic E-state index is 12.7. The maximum Gasteiger partial charge on any atom is 0.223 e. The smallest absolute Gasteiger partial charge is 0.223 e. The van der Waals surface area contributed by atoms with Crippen LogP contribution in [0.15, 0.2) is 67.0 Å². The summed E-state index contributed by atoms with van der Waals surface area (Å²) in [6.07, 6.45) is 4.46. The van der Waals surface area contributed by atoms with Crippen molar-refractivity contribution in [2.24, 2.45) is 0 Å². The largest absolute Gasteiger partial charge is 0.497 e. The van der Waals surface area contributed by atoms with Crippen molar-refractivity contribution in [1.29, 1.82) is 0 Å². The van der Waals surface area contributed by atoms with E-state index in [0.717, 1.165) is 28.5 Å². The van der Waals surface area contributed by atoms with Gasteiger partial charge in [0.15, 0.2) is 0 Å². The van der Waals surface area contributed by atoms with E-state index in [9.17, 15) is 4.79 Å². The average molecular weight is 418 g/mol. The van der Waals surface area contributed by atoms with E-state index in [4.69, 9.17) is 9.47 Å². The van der Waals surface area contributed by atoms with Crippen LogP contribution in [0.1, 0.15) is 23.8 Å². The zero-order chi connectivity index (χ0) is 21.5. The van der Waals surface area contributed by atoms with Crippen LogP contribution in [-0.4, -0.2) is 47.6 Å². The van der Waals surface area contributed by atoms with Crippen molar-refractivity contribution in [1.82, 2.24) is 14.9 Å². The standard InChI is InChI=1S/C24H26N4O3/c1-30-20-9-5-18(6-10-20)7-12-24(29)28-14-15-31-22(17-28)21-11-8-19(16-26-21)27-23-4-2-3-13-25-23/h2-6,8-11,13,16,22H,7,12,14-15,17H2,1H3,(H,25,27). The number of pyridine rings is 2. The van der Waals surface area contributed by atoms with Crippen LogP contribution < -0.4 is 10.1 Å². The summed E-state index contributed by atoms with van der Waals surface area (Å²) in [7, 11) is 1.65. The van der Waals surface area contributed by atoms with Gasteiger partial charge in [-0.1, -0.05) is 18.2 Å². The number of benzene rings is 1. The minimum Gasteiger partial charge on any atom is -0.497 e. The van der Waals surface area contributed by atoms with Crippen molar-refractivity contribution in [2.45, 2.75) is 18.9 Å². The molecule has 1 aliphatic heterocycles. The van der Waals surface area contributed by atoms with Crippen molar-refractivity contribution in [3.63, 3.8) is 0 Å². The van der Waals surface area contributed by atoms with Crippen LogP contribution >= 0.6 is 0 Å². The molecule has 1 N–H and O–H groups in total. The monoisotopic (exact) mass is 418 g/mol. The van der Waals surface area contributed by atoms with Gasteiger partial charge in [-0.05, 0) is 48.4 Å². The molecule has 0 saturated carbocycles. The summed E-state index contributed by atoms with van der Waals surface area (Å²) in [4.78, 5) is 23.4. The Hall–Kier alpha value is -3.45. The first-order chi connectivity index (χ1) is 15.2. The van der Waals surface area contributed by atoms with E-state index in [1.54, 1.807) is 19.5 Å². The van der Waals surface area contributed by atoms with Crippen LogP contribution in [0, 0.1) is 0 Å². The van der Waals surface area contributed by atoms with Crippen LogP contribution in [0.2, 0.25) is 0 Å². The lowest BCUT2D eigenvalue weighted by Gasteiger charge is -2.32. The lowest BCUT2D eigenvalue weighted by Crippen LogP contribution is -2.42. The molecule has 1 amide bonds. The van der Waals surface area contributed by atoms with Crippen molar-refractivity contribution >= 4 is 17.4 Å². The number of methoxy groups -OCH3 is 1. The number of aryl methyl sites for hydroxylation is 1. The van der Waals surface area contributed by atoms with E-state index in [1.165, 1.54) is 0 Å². The van der Waals surface area contributed by atoms with Crippen molar-refractivity contribution < 1.29 is 14.3 Å². The molecule has 0 aliphatic carbocycles. The number of ether oxygens (including phenoxy) is 2. The molecule has 7 heteroatoms. The molecule has 3 aromatic rings. The van der Waals surface area contributed by atoms with E-state index in [0.29, 0.717) is 32.5 Å². The molecule has 0 spiro atoms. The molecule has 1 aliphatic rings. The summed E-state index contributed by atoms with van der Waals surface area (Å²) in [5.74, 6) is 1.72. The fraction of sp³-hybridized carbons (Fsp3) is 0.292. The summed E-state index contributed by atoms with van der Waals surface area (Å²) >= 11 is 0. The van der Waals surface area contributed by atoms with Gasteiger partial charge < -0.3 is 19.7 Å². The number of carbonyl (C=O) groups excluding carboxylic acids is 1. The van der Waals surface area contributed by atoms with Gasteiger partial charge in [-0.25, -0.2) is 4.98 Å². The van der Waals surface area contributed by atoms with Crippen molar-refractivity contribution in [3.05, 3.63) is 78.2 Å². The minimum absolute atomic E-state index is 0.137. The Morgan fingerprint density at radius 1 is 1.16 bits per heavy atom. The second-order valence-corrected chi connectivity index (χ2v) is 7.36. The second-order valence-electron chi connectivity index (χ2n) is 7.36. The molecule has 3 heterocycles. The Labute approximate surface area is 182 Å². The number of amides is 1. The lowest BCUT2D eigenvalue weighted by molar-refractivity contribution is -0.139. The van der Waals surface area contributed by atoms with Crippen LogP contribution in [0.4, 0.5) is 11.5 Å². The van der Waals surface area contributed by atoms with E-state index in [2.05, 4.69) is 15.3 Å². The molecule has 160 valence electrons. The molecule has 1 fully saturated rings. The number of nitrogens with zero attached hydrogens (tertiary/aromatic N) is 3. The Kier molecular flexibility index (Phi) is 6.74. The third-order valence-corrected chi connectivity index (χ3v) is 5.26. The molecule has 1 aromatic carbocycles. The van der Waals surface area contributed by atoms with Crippen LogP contribution in [0.25, 0.3) is 0 Å². The molecular formula is C24H26N4O3. The van der Waals surface area contributed by atoms with E-state index < -0.39 is 0 Å². The third-order valence-electron chi connectivity index (χ3n) is 5.26. The van der Waals surface area contributed by atoms with Gasteiger partial charge in [-0.2, -0.15) is 0 Å². The molecule has 7 nitrogen and oxygen atoms in total. The Balaban J connectivity index is 1.31. The van der Waals surface area contributed by atoms with Gasteiger partial charge >= 0.3 is 0 Å². The predicted octanol–water partition coefficient (Wildman–Crippen LogP) is 3.76. The van der Waals surface area contributed by atoms with Gasteiger partial charge in [0.25, 0.3) is 0 Å². The van der Waals surface area contributed by atoms with Gasteiger partial charge in [0.1, 0.15) is 17.7 Å². The number of carbonyl (C=O) groups is 1. The van der Waals surface area contributed by atoms with Crippen molar-refractivity contribution in [2.75, 3.05) is 32.1 Å². The highest BCUT2D eigenvalue weighted by molar-refractivity contribution is 5.76. The quantitative estimate of drug-likeness (QED) is 0.630. The van der Waals surface area contributed by atoms with Gasteiger partial charge in [0.05, 0.1) is 37.8 Å². The molecule has 1 atom stereocenters. The van der Waals surface area contributed by atoms with E-state index >= 15 is 0 Å². The molecule has 2 aromatic heterocycles. The SMILES string of the molecule is COc1ccc(CCC(=O)N2CCOC(c3ccc(Nc4ccccn4)cn3)C2)cc1. The number of anilines is 2. The first-order valence-corrected chi connectivity index (χ1v) is 10.4. The molecule has 1 unspecified atom stereocenters. The number of hydrogen-bond acceptors (Lipinski definition) is 6. The van der Waals surface area contributed by atoms with E-state index in [1.807, 2.05) is 59.5 Å². The van der Waals surface area contributed by atoms with Gasteiger partial charge in [0.2, 0.25) is 5.91 Å². The Morgan fingerprint density at radius 2 is 2.03 bits per heavy atom. The highest BCUT2D eigenvalue weighted by atomic mass is 16.5. The van der Waals surface area contributed by atoms with Crippen molar-refractivity contribution in [3.8, 4) is 5.75 Å². The molecular weight excluding hydrogens is 392 g/mol. The molecule has 0 bridgehead atoms. The van der Waals surface area contributed by atoms with Gasteiger partial charge in [-0.3, -0.25) is 9.78 Å². The van der Waals surface area contributed by atoms with Gasteiger partial charge in [-0.15, -0.1) is 0 Å². The molecule has 0 radical (unpaired) electrons. The highest BCUT2D eigenvalue weighted by Gasteiger charge is 2.26. The molecule has 31 heavy (non-hydrogen) atoms. The summed E-state index contributed by atoms with van der Waals surface area (Å²) in [5, 5.41) is 3.21. The number of rotatable bonds is 7. The van der Waals surface area contributed by atoms with Crippen LogP contribution in [0.5, 0.6) is 5.75 Å². The fourth-order valence-electron chi connectivity index (χ4n) is 3.51. The number of morpholine rings is 1. The summed E-state index contributed by atoms with van der Waals surface area (Å²) < 4.78 is 11.1. The number of hydrogen-bond donors (Lipinski definition) is 1. The third kappa shape index (κ3) is 5.58. The first kappa shape index (κ1) is 20.8. The van der Waals surface area contributed by atoms with Crippen LogP contribution in [-0.2, 0) is 16.0 Å². The van der Waals surface area contributed by atoms with E-state index in [-0.39, 0.29) is 12.0 Å². The molecule has 4 rings (SSSR count).